The summed E-state index contributed by atoms with van der Waals surface area (Å²) >= 11 is -1.58. The molecule has 1 aromatic rings. The summed E-state index contributed by atoms with van der Waals surface area (Å²) in [5.74, 6) is -5.83. The molecule has 0 spiro atoms. The van der Waals surface area contributed by atoms with Gasteiger partial charge in [-0.3, -0.25) is 0 Å². The van der Waals surface area contributed by atoms with Crippen molar-refractivity contribution in [2.75, 3.05) is 13.1 Å². The Morgan fingerprint density at radius 3 is 2.06 bits per heavy atom. The number of guanidine groups is 1. The van der Waals surface area contributed by atoms with E-state index in [1.54, 1.807) is 44.2 Å². The molecule has 1 rings (SSSR count). The molecule has 1 radical (unpaired) electrons. The molecule has 0 aliphatic rings. The first kappa shape index (κ1) is 41.2. The van der Waals surface area contributed by atoms with Gasteiger partial charge >= 0.3 is 282 Å². The standard InChI is InChI=1S/C31H49AsN7O8/c1-18(2)20(28(44)39-24(30(46)47)15-19-9-4-3-5-10-19)16-25(40)21(17-26(41)42)32-27(43)23(12-6-7-13-33)38-29(45)22(34)11-8-14-37-31(35)36/h3-5,9-10,18,20-24H,6-8,11-17,33-34H2,1-2H3,(H,38,45)(H,39,44)(H,41,42)(H,46,47)(H4,35,36,37)/t20?,21?,22-,23-,24-/m0/s1. The van der Waals surface area contributed by atoms with Crippen LogP contribution in [0, 0.1) is 11.8 Å². The summed E-state index contributed by atoms with van der Waals surface area (Å²) in [5, 5.41) is 24.5. The average molecular weight is 723 g/mol. The van der Waals surface area contributed by atoms with Crippen LogP contribution in [0.5, 0.6) is 0 Å². The van der Waals surface area contributed by atoms with Gasteiger partial charge in [-0.1, -0.05) is 0 Å². The molecule has 0 heterocycles. The molecule has 0 fully saturated rings. The molecule has 47 heavy (non-hydrogen) atoms. The van der Waals surface area contributed by atoms with Gasteiger partial charge in [0.15, 0.2) is 0 Å². The number of ketones is 1. The number of hydrogen-bond donors (Lipinski definition) is 8. The van der Waals surface area contributed by atoms with Crippen LogP contribution in [0.25, 0.3) is 0 Å². The van der Waals surface area contributed by atoms with Crippen LogP contribution in [-0.2, 0) is 35.2 Å². The fraction of sp³-hybridized carbons (Fsp3) is 0.581. The summed E-state index contributed by atoms with van der Waals surface area (Å²) in [4.78, 5) is 80.6. The van der Waals surface area contributed by atoms with Crippen LogP contribution in [0.3, 0.4) is 0 Å². The molecule has 0 aromatic heterocycles. The summed E-state index contributed by atoms with van der Waals surface area (Å²) < 4.78 is -1.65. The number of aliphatic imine (C=N–C) groups is 1. The van der Waals surface area contributed by atoms with Gasteiger partial charge < -0.3 is 0 Å². The van der Waals surface area contributed by atoms with Crippen molar-refractivity contribution in [1.82, 2.24) is 10.6 Å². The number of Topliss-reactive ketones (excluding diaryl/α,β-unsaturated/α-hetero) is 1. The SMILES string of the molecule is CC(C)C(CC(=O)C(CC(=O)O)[As]C(=O)[C@H](CCCCN)NC(=O)[C@@H](N)CCCN=C(N)N)C(=O)N[C@@H](Cc1ccccc1)C(=O)O. The van der Waals surface area contributed by atoms with Crippen LogP contribution >= 0.6 is 0 Å². The zero-order chi connectivity index (χ0) is 35.5. The average Bonchev–Trinajstić information content (AvgIpc) is 3.00. The number of unbranched alkanes of at least 4 members (excludes halogenated alkanes) is 1. The van der Waals surface area contributed by atoms with Crippen LogP contribution in [0.2, 0.25) is 4.71 Å². The third-order valence-electron chi connectivity index (χ3n) is 7.35. The Balaban J connectivity index is 3.06. The summed E-state index contributed by atoms with van der Waals surface area (Å²) in [6.45, 7) is 4.02. The first-order chi connectivity index (χ1) is 22.2. The van der Waals surface area contributed by atoms with E-state index in [9.17, 15) is 39.0 Å². The minimum atomic E-state index is -1.58. The number of amides is 2. The van der Waals surface area contributed by atoms with Gasteiger partial charge in [0.25, 0.3) is 0 Å². The quantitative estimate of drug-likeness (QED) is 0.0291. The number of aliphatic carboxylic acids is 2. The second-order valence-corrected chi connectivity index (χ2v) is 14.4. The van der Waals surface area contributed by atoms with Crippen LogP contribution in [-0.4, -0.2) is 97.2 Å². The van der Waals surface area contributed by atoms with E-state index in [0.29, 0.717) is 31.4 Å². The predicted octanol–water partition coefficient (Wildman–Crippen LogP) is -0.481. The van der Waals surface area contributed by atoms with E-state index >= 15 is 0 Å². The molecule has 5 atom stereocenters. The van der Waals surface area contributed by atoms with Crippen molar-refractivity contribution in [3.63, 3.8) is 0 Å². The molecule has 0 saturated heterocycles. The number of carbonyl (C=O) groups is 6. The Kier molecular flexibility index (Phi) is 19.2. The van der Waals surface area contributed by atoms with E-state index in [2.05, 4.69) is 15.6 Å². The number of carboxylic acid groups (broad SMARTS) is 2. The van der Waals surface area contributed by atoms with Crippen molar-refractivity contribution in [3.05, 3.63) is 35.9 Å². The van der Waals surface area contributed by atoms with Crippen LogP contribution < -0.4 is 33.6 Å². The molecule has 2 amide bonds. The first-order valence-electron chi connectivity index (χ1n) is 15.5. The van der Waals surface area contributed by atoms with E-state index < -0.39 is 90.9 Å². The molecule has 0 bridgehead atoms. The van der Waals surface area contributed by atoms with Gasteiger partial charge in [0, 0.05) is 0 Å². The van der Waals surface area contributed by atoms with Crippen molar-refractivity contribution >= 4 is 55.8 Å². The van der Waals surface area contributed by atoms with Gasteiger partial charge in [0.2, 0.25) is 0 Å². The van der Waals surface area contributed by atoms with Crippen LogP contribution in [0.1, 0.15) is 64.4 Å². The van der Waals surface area contributed by atoms with Crippen molar-refractivity contribution in [2.24, 2.45) is 39.8 Å². The minimum absolute atomic E-state index is 0.0265. The number of carboxylic acids is 2. The maximum absolute atomic E-state index is 13.5. The molecule has 2 unspecified atom stereocenters. The number of carbonyl (C=O) groups excluding carboxylic acids is 4. The van der Waals surface area contributed by atoms with E-state index in [1.807, 2.05) is 0 Å². The fourth-order valence-electron chi connectivity index (χ4n) is 4.63. The first-order valence-corrected chi connectivity index (χ1v) is 17.6. The maximum atomic E-state index is 13.5. The number of rotatable bonds is 24. The predicted molar refractivity (Wildman–Crippen MR) is 177 cm³/mol. The van der Waals surface area contributed by atoms with Crippen molar-refractivity contribution < 1.29 is 39.0 Å². The van der Waals surface area contributed by atoms with E-state index in [4.69, 9.17) is 22.9 Å². The molecular formula is C31H49AsN7O8. The zero-order valence-corrected chi connectivity index (χ0v) is 28.8. The molecule has 0 aliphatic carbocycles. The molecule has 1 aromatic carbocycles. The Bertz CT molecular complexity index is 1230. The Hall–Kier alpha value is -3.81. The molecule has 16 heteroatoms. The number of nitrogens with zero attached hydrogens (tertiary/aromatic N) is 1. The van der Waals surface area contributed by atoms with E-state index in [-0.39, 0.29) is 38.2 Å². The topological polar surface area (TPSA) is 283 Å². The number of nitrogens with two attached hydrogens (primary N) is 4. The monoisotopic (exact) mass is 722 g/mol. The summed E-state index contributed by atoms with van der Waals surface area (Å²) in [5.41, 5.74) is 22.9. The van der Waals surface area contributed by atoms with Crippen LogP contribution in [0.15, 0.2) is 35.3 Å². The Morgan fingerprint density at radius 1 is 0.872 bits per heavy atom. The fourth-order valence-corrected chi connectivity index (χ4v) is 7.10. The Labute approximate surface area is 281 Å². The van der Waals surface area contributed by atoms with Crippen molar-refractivity contribution in [3.8, 4) is 0 Å². The van der Waals surface area contributed by atoms with Gasteiger partial charge in [-0.2, -0.15) is 0 Å². The molecule has 12 N–H and O–H groups in total. The normalized spacial score (nSPS) is 14.5. The molecule has 0 aliphatic heterocycles. The molecular weight excluding hydrogens is 673 g/mol. The number of hydrogen-bond acceptors (Lipinski definition) is 9. The molecule has 0 saturated carbocycles. The summed E-state index contributed by atoms with van der Waals surface area (Å²) in [6, 6.07) is 5.54. The van der Waals surface area contributed by atoms with Gasteiger partial charge in [-0.25, -0.2) is 0 Å². The van der Waals surface area contributed by atoms with Crippen molar-refractivity contribution in [2.45, 2.75) is 88.0 Å². The molecule has 261 valence electrons. The second kappa shape index (κ2) is 21.9. The van der Waals surface area contributed by atoms with Gasteiger partial charge in [0.1, 0.15) is 0 Å². The summed E-state index contributed by atoms with van der Waals surface area (Å²) in [7, 11) is 0. The van der Waals surface area contributed by atoms with E-state index in [1.165, 1.54) is 0 Å². The van der Waals surface area contributed by atoms with Gasteiger partial charge in [-0.15, -0.1) is 0 Å². The molecule has 15 nitrogen and oxygen atoms in total. The van der Waals surface area contributed by atoms with Crippen LogP contribution in [0.4, 0.5) is 0 Å². The summed E-state index contributed by atoms with van der Waals surface area (Å²) in [6.07, 6.45) is 0.972. The van der Waals surface area contributed by atoms with Crippen molar-refractivity contribution in [1.29, 1.82) is 0 Å². The van der Waals surface area contributed by atoms with E-state index in [0.717, 1.165) is 0 Å². The van der Waals surface area contributed by atoms with Gasteiger partial charge in [0.05, 0.1) is 0 Å². The zero-order valence-electron chi connectivity index (χ0n) is 27.0. The third kappa shape index (κ3) is 16.5. The Morgan fingerprint density at radius 2 is 1.51 bits per heavy atom. The third-order valence-corrected chi connectivity index (χ3v) is 10.2. The number of nitrogens with one attached hydrogen (secondary N) is 2. The van der Waals surface area contributed by atoms with Gasteiger partial charge in [-0.05, 0) is 0 Å². The second-order valence-electron chi connectivity index (χ2n) is 11.6. The number of benzene rings is 1.